The van der Waals surface area contributed by atoms with E-state index in [2.05, 4.69) is 58.9 Å². The molecule has 2 aromatic rings. The standard InChI is InChI=1S/C22H29N3O/c1-17-8-6-7-11-20(17)22(12-13-22)16-25-21(23-2)24-14-19(15-26)18-9-4-3-5-10-18/h3-11,19,26H,12-16H2,1-2H3,(H2,23,24,25). The van der Waals surface area contributed by atoms with Crippen molar-refractivity contribution in [3.05, 3.63) is 71.3 Å². The van der Waals surface area contributed by atoms with Crippen LogP contribution in [0.5, 0.6) is 0 Å². The van der Waals surface area contributed by atoms with Gasteiger partial charge in [-0.15, -0.1) is 0 Å². The SMILES string of the molecule is CN=C(NCC(CO)c1ccccc1)NCC1(c2ccccc2C)CC1. The zero-order valence-electron chi connectivity index (χ0n) is 15.7. The van der Waals surface area contributed by atoms with E-state index in [0.717, 1.165) is 18.1 Å². The summed E-state index contributed by atoms with van der Waals surface area (Å²) < 4.78 is 0. The molecular formula is C22H29N3O. The van der Waals surface area contributed by atoms with Crippen molar-refractivity contribution in [2.45, 2.75) is 31.1 Å². The van der Waals surface area contributed by atoms with Gasteiger partial charge in [0.1, 0.15) is 0 Å². The molecule has 1 atom stereocenters. The summed E-state index contributed by atoms with van der Waals surface area (Å²) in [4.78, 5) is 4.35. The third-order valence-electron chi connectivity index (χ3n) is 5.40. The van der Waals surface area contributed by atoms with E-state index >= 15 is 0 Å². The first kappa shape index (κ1) is 18.5. The van der Waals surface area contributed by atoms with Crippen LogP contribution in [0.3, 0.4) is 0 Å². The number of nitrogens with zero attached hydrogens (tertiary/aromatic N) is 1. The molecule has 1 unspecified atom stereocenters. The first-order valence-electron chi connectivity index (χ1n) is 9.35. The molecule has 1 fully saturated rings. The van der Waals surface area contributed by atoms with Gasteiger partial charge in [0.15, 0.2) is 5.96 Å². The van der Waals surface area contributed by atoms with Gasteiger partial charge < -0.3 is 15.7 Å². The fraction of sp³-hybridized carbons (Fsp3) is 0.409. The normalized spacial score (nSPS) is 16.8. The number of nitrogens with one attached hydrogen (secondary N) is 2. The molecule has 4 heteroatoms. The highest BCUT2D eigenvalue weighted by atomic mass is 16.3. The number of aliphatic hydroxyl groups excluding tert-OH is 1. The quantitative estimate of drug-likeness (QED) is 0.531. The number of hydrogen-bond donors (Lipinski definition) is 3. The number of hydrogen-bond acceptors (Lipinski definition) is 2. The Kier molecular flexibility index (Phi) is 5.94. The average Bonchev–Trinajstić information content (AvgIpc) is 3.47. The second kappa shape index (κ2) is 8.37. The van der Waals surface area contributed by atoms with Crippen LogP contribution in [0.4, 0.5) is 0 Å². The summed E-state index contributed by atoms with van der Waals surface area (Å²) in [5, 5.41) is 16.6. The van der Waals surface area contributed by atoms with Crippen LogP contribution in [0.2, 0.25) is 0 Å². The molecule has 0 saturated heterocycles. The van der Waals surface area contributed by atoms with Gasteiger partial charge in [0.25, 0.3) is 0 Å². The number of benzene rings is 2. The summed E-state index contributed by atoms with van der Waals surface area (Å²) in [6, 6.07) is 18.8. The van der Waals surface area contributed by atoms with Gasteiger partial charge in [-0.1, -0.05) is 54.6 Å². The minimum Gasteiger partial charge on any atom is -0.396 e. The van der Waals surface area contributed by atoms with E-state index in [0.29, 0.717) is 6.54 Å². The van der Waals surface area contributed by atoms with Gasteiger partial charge in [0.2, 0.25) is 0 Å². The van der Waals surface area contributed by atoms with Gasteiger partial charge in [0, 0.05) is 31.5 Å². The number of aliphatic hydroxyl groups is 1. The second-order valence-electron chi connectivity index (χ2n) is 7.19. The Morgan fingerprint density at radius 1 is 1.08 bits per heavy atom. The first-order valence-corrected chi connectivity index (χ1v) is 9.35. The third kappa shape index (κ3) is 4.25. The third-order valence-corrected chi connectivity index (χ3v) is 5.40. The Hall–Kier alpha value is -2.33. The van der Waals surface area contributed by atoms with E-state index in [4.69, 9.17) is 0 Å². The van der Waals surface area contributed by atoms with Crippen LogP contribution >= 0.6 is 0 Å². The summed E-state index contributed by atoms with van der Waals surface area (Å²) in [5.74, 6) is 0.847. The number of aliphatic imine (C=N–C) groups is 1. The van der Waals surface area contributed by atoms with E-state index in [9.17, 15) is 5.11 Å². The Balaban J connectivity index is 1.56. The molecule has 0 spiro atoms. The molecule has 1 aliphatic carbocycles. The largest absolute Gasteiger partial charge is 0.396 e. The number of aryl methyl sites for hydroxylation is 1. The Bertz CT molecular complexity index is 738. The van der Waals surface area contributed by atoms with E-state index < -0.39 is 0 Å². The molecule has 3 N–H and O–H groups in total. The van der Waals surface area contributed by atoms with Crippen LogP contribution in [-0.4, -0.2) is 37.8 Å². The summed E-state index contributed by atoms with van der Waals surface area (Å²) >= 11 is 0. The molecule has 0 heterocycles. The summed E-state index contributed by atoms with van der Waals surface area (Å²) in [7, 11) is 1.79. The maximum absolute atomic E-state index is 9.71. The van der Waals surface area contributed by atoms with Gasteiger partial charge >= 0.3 is 0 Å². The monoisotopic (exact) mass is 351 g/mol. The van der Waals surface area contributed by atoms with E-state index in [-0.39, 0.29) is 17.9 Å². The van der Waals surface area contributed by atoms with Gasteiger partial charge in [-0.2, -0.15) is 0 Å². The van der Waals surface area contributed by atoms with E-state index in [1.807, 2.05) is 18.2 Å². The molecule has 0 radical (unpaired) electrons. The maximum atomic E-state index is 9.71. The lowest BCUT2D eigenvalue weighted by atomic mass is 9.92. The van der Waals surface area contributed by atoms with Crippen molar-refractivity contribution < 1.29 is 5.11 Å². The lowest BCUT2D eigenvalue weighted by Crippen LogP contribution is -2.43. The van der Waals surface area contributed by atoms with Gasteiger partial charge in [0.05, 0.1) is 6.61 Å². The number of rotatable bonds is 7. The lowest BCUT2D eigenvalue weighted by Gasteiger charge is -2.22. The summed E-state index contributed by atoms with van der Waals surface area (Å²) in [6.45, 7) is 3.83. The zero-order valence-corrected chi connectivity index (χ0v) is 15.7. The van der Waals surface area contributed by atoms with Gasteiger partial charge in [-0.25, -0.2) is 0 Å². The summed E-state index contributed by atoms with van der Waals surface area (Å²) in [6.07, 6.45) is 2.43. The van der Waals surface area contributed by atoms with Crippen LogP contribution in [-0.2, 0) is 5.41 Å². The van der Waals surface area contributed by atoms with E-state index in [1.54, 1.807) is 7.05 Å². The number of guanidine groups is 1. The molecule has 4 nitrogen and oxygen atoms in total. The molecule has 1 saturated carbocycles. The van der Waals surface area contributed by atoms with Crippen LogP contribution < -0.4 is 10.6 Å². The predicted molar refractivity (Wildman–Crippen MR) is 108 cm³/mol. The minimum atomic E-state index is 0.0565. The molecule has 1 aliphatic rings. The maximum Gasteiger partial charge on any atom is 0.191 e. The lowest BCUT2D eigenvalue weighted by molar-refractivity contribution is 0.265. The Labute approximate surface area is 156 Å². The molecule has 0 aromatic heterocycles. The minimum absolute atomic E-state index is 0.0565. The van der Waals surface area contributed by atoms with Crippen LogP contribution in [0.1, 0.15) is 35.4 Å². The van der Waals surface area contributed by atoms with Crippen LogP contribution in [0.15, 0.2) is 59.6 Å². The molecular weight excluding hydrogens is 322 g/mol. The van der Waals surface area contributed by atoms with Crippen molar-refractivity contribution >= 4 is 5.96 Å². The van der Waals surface area contributed by atoms with Crippen LogP contribution in [0.25, 0.3) is 0 Å². The molecule has 0 bridgehead atoms. The molecule has 0 amide bonds. The Morgan fingerprint density at radius 3 is 2.38 bits per heavy atom. The van der Waals surface area contributed by atoms with E-state index in [1.165, 1.54) is 24.0 Å². The van der Waals surface area contributed by atoms with Gasteiger partial charge in [-0.05, 0) is 36.5 Å². The van der Waals surface area contributed by atoms with Gasteiger partial charge in [-0.3, -0.25) is 4.99 Å². The molecule has 138 valence electrons. The topological polar surface area (TPSA) is 56.7 Å². The highest BCUT2D eigenvalue weighted by Crippen LogP contribution is 2.48. The zero-order chi connectivity index (χ0) is 18.4. The second-order valence-corrected chi connectivity index (χ2v) is 7.19. The van der Waals surface area contributed by atoms with Crippen molar-refractivity contribution in [3.63, 3.8) is 0 Å². The van der Waals surface area contributed by atoms with Crippen molar-refractivity contribution in [2.75, 3.05) is 26.7 Å². The molecule has 0 aliphatic heterocycles. The highest BCUT2D eigenvalue weighted by molar-refractivity contribution is 5.80. The molecule has 3 rings (SSSR count). The first-order chi connectivity index (χ1) is 12.7. The fourth-order valence-corrected chi connectivity index (χ4v) is 3.57. The van der Waals surface area contributed by atoms with Crippen LogP contribution in [0, 0.1) is 6.92 Å². The average molecular weight is 351 g/mol. The van der Waals surface area contributed by atoms with Crippen molar-refractivity contribution in [2.24, 2.45) is 4.99 Å². The smallest absolute Gasteiger partial charge is 0.191 e. The highest BCUT2D eigenvalue weighted by Gasteiger charge is 2.44. The van der Waals surface area contributed by atoms with Crippen molar-refractivity contribution in [1.82, 2.24) is 10.6 Å². The molecule has 26 heavy (non-hydrogen) atoms. The van der Waals surface area contributed by atoms with Crippen molar-refractivity contribution in [3.8, 4) is 0 Å². The molecule has 2 aromatic carbocycles. The Morgan fingerprint density at radius 2 is 1.77 bits per heavy atom. The summed E-state index contributed by atoms with van der Waals surface area (Å²) in [5.41, 5.74) is 4.18. The van der Waals surface area contributed by atoms with Crippen molar-refractivity contribution in [1.29, 1.82) is 0 Å². The fourth-order valence-electron chi connectivity index (χ4n) is 3.57. The predicted octanol–water partition coefficient (Wildman–Crippen LogP) is 2.97.